The van der Waals surface area contributed by atoms with Crippen LogP contribution in [0, 0.1) is 16.7 Å². The van der Waals surface area contributed by atoms with Crippen molar-refractivity contribution in [2.45, 2.75) is 6.18 Å². The van der Waals surface area contributed by atoms with Gasteiger partial charge >= 0.3 is 6.18 Å². The zero-order valence-electron chi connectivity index (χ0n) is 10.9. The molecule has 2 N–H and O–H groups in total. The van der Waals surface area contributed by atoms with Crippen LogP contribution in [-0.2, 0) is 0 Å². The van der Waals surface area contributed by atoms with Crippen LogP contribution in [0.2, 0.25) is 0 Å². The predicted octanol–water partition coefficient (Wildman–Crippen LogP) is 1.67. The number of rotatable bonds is 2. The van der Waals surface area contributed by atoms with Gasteiger partial charge in [0.15, 0.2) is 5.76 Å². The highest BCUT2D eigenvalue weighted by Gasteiger charge is 2.33. The Kier molecular flexibility index (Phi) is 5.16. The number of hydrogen-bond acceptors (Lipinski definition) is 4. The highest BCUT2D eigenvalue weighted by Crippen LogP contribution is 2.23. The Balaban J connectivity index is 2.81. The topological polar surface area (TPSA) is 74.4 Å². The highest BCUT2D eigenvalue weighted by molar-refractivity contribution is 5.99. The molecule has 0 atom stereocenters. The fraction of sp³-hybridized carbons (Fsp3) is 0.500. The minimum atomic E-state index is -4.85. The van der Waals surface area contributed by atoms with E-state index in [4.69, 9.17) is 15.8 Å². The van der Waals surface area contributed by atoms with Crippen LogP contribution < -0.4 is 0 Å². The number of halogens is 3. The van der Waals surface area contributed by atoms with Crippen molar-refractivity contribution in [3.63, 3.8) is 0 Å². The molecule has 0 unspecified atom stereocenters. The summed E-state index contributed by atoms with van der Waals surface area (Å²) < 4.78 is 36.3. The molecule has 0 radical (unpaired) electrons. The lowest BCUT2D eigenvalue weighted by Gasteiger charge is -2.33. The van der Waals surface area contributed by atoms with Crippen molar-refractivity contribution < 1.29 is 18.3 Å². The summed E-state index contributed by atoms with van der Waals surface area (Å²) in [5.41, 5.74) is -0.217. The van der Waals surface area contributed by atoms with Crippen LogP contribution in [-0.4, -0.2) is 60.1 Å². The first-order valence-electron chi connectivity index (χ1n) is 5.86. The summed E-state index contributed by atoms with van der Waals surface area (Å²) in [7, 11) is 1.92. The second kappa shape index (κ2) is 6.43. The van der Waals surface area contributed by atoms with Crippen molar-refractivity contribution >= 4 is 5.84 Å². The second-order valence-corrected chi connectivity index (χ2v) is 4.38. The van der Waals surface area contributed by atoms with Crippen LogP contribution in [0.3, 0.4) is 0 Å². The van der Waals surface area contributed by atoms with E-state index in [9.17, 15) is 13.2 Å². The number of nitrogens with one attached hydrogen (secondary N) is 1. The summed E-state index contributed by atoms with van der Waals surface area (Å²) in [5.74, 6) is -1.93. The standard InChI is InChI=1S/C12H15F3N4O/c1-18-4-6-19(7-5-18)11(17)9(8-16)2-3-10(20)12(13,14)15/h2-3,17,20H,4-7H2,1H3/b9-2+,10-3-,17-11?. The molecule has 0 aromatic carbocycles. The van der Waals surface area contributed by atoms with E-state index in [-0.39, 0.29) is 11.4 Å². The minimum absolute atomic E-state index is 0.133. The number of likely N-dealkylation sites (N-methyl/N-ethyl adjacent to an activating group) is 1. The zero-order valence-corrected chi connectivity index (χ0v) is 10.9. The van der Waals surface area contributed by atoms with E-state index in [0.29, 0.717) is 32.3 Å². The van der Waals surface area contributed by atoms with Crippen LogP contribution in [0.25, 0.3) is 0 Å². The third-order valence-electron chi connectivity index (χ3n) is 2.89. The number of aliphatic hydroxyl groups is 1. The molecular weight excluding hydrogens is 273 g/mol. The average Bonchev–Trinajstić information content (AvgIpc) is 2.38. The molecule has 0 saturated carbocycles. The lowest BCUT2D eigenvalue weighted by molar-refractivity contribution is -0.120. The van der Waals surface area contributed by atoms with Crippen LogP contribution in [0.15, 0.2) is 23.5 Å². The molecule has 0 aromatic heterocycles. The van der Waals surface area contributed by atoms with Crippen molar-refractivity contribution in [1.82, 2.24) is 9.80 Å². The van der Waals surface area contributed by atoms with Crippen molar-refractivity contribution in [1.29, 1.82) is 10.7 Å². The molecule has 8 heteroatoms. The first-order chi connectivity index (χ1) is 9.25. The molecule has 1 saturated heterocycles. The molecule has 1 aliphatic rings. The van der Waals surface area contributed by atoms with Gasteiger partial charge in [0.05, 0.1) is 5.57 Å². The SMILES string of the molecule is CN1CCN(C(=N)/C(C#N)=C/C=C(\O)C(F)(F)F)CC1. The molecule has 1 aliphatic heterocycles. The number of allylic oxidation sites excluding steroid dienone is 3. The molecule has 5 nitrogen and oxygen atoms in total. The van der Waals surface area contributed by atoms with Gasteiger partial charge in [-0.2, -0.15) is 18.4 Å². The second-order valence-electron chi connectivity index (χ2n) is 4.38. The predicted molar refractivity (Wildman–Crippen MR) is 67.3 cm³/mol. The quantitative estimate of drug-likeness (QED) is 0.266. The maximum atomic E-state index is 12.1. The molecule has 0 spiro atoms. The normalized spacial score (nSPS) is 18.9. The van der Waals surface area contributed by atoms with E-state index in [2.05, 4.69) is 4.90 Å². The number of aliphatic hydroxyl groups excluding tert-OH is 1. The van der Waals surface area contributed by atoms with E-state index in [1.165, 1.54) is 0 Å². The number of nitriles is 1. The maximum absolute atomic E-state index is 12.1. The van der Waals surface area contributed by atoms with Gasteiger partial charge in [-0.05, 0) is 19.2 Å². The van der Waals surface area contributed by atoms with Gasteiger partial charge in [0.25, 0.3) is 0 Å². The third-order valence-corrected chi connectivity index (χ3v) is 2.89. The van der Waals surface area contributed by atoms with Gasteiger partial charge in [-0.3, -0.25) is 5.41 Å². The van der Waals surface area contributed by atoms with Gasteiger partial charge in [-0.15, -0.1) is 0 Å². The molecule has 1 heterocycles. The number of alkyl halides is 3. The Morgan fingerprint density at radius 1 is 1.25 bits per heavy atom. The van der Waals surface area contributed by atoms with Crippen molar-refractivity contribution in [3.05, 3.63) is 23.5 Å². The molecule has 110 valence electrons. The molecule has 1 rings (SSSR count). The van der Waals surface area contributed by atoms with Gasteiger partial charge in [0.2, 0.25) is 0 Å². The number of piperazine rings is 1. The Bertz CT molecular complexity index is 468. The summed E-state index contributed by atoms with van der Waals surface area (Å²) in [6, 6.07) is 1.68. The Morgan fingerprint density at radius 2 is 1.80 bits per heavy atom. The Morgan fingerprint density at radius 3 is 2.25 bits per heavy atom. The smallest absolute Gasteiger partial charge is 0.448 e. The van der Waals surface area contributed by atoms with Crippen molar-refractivity contribution in [2.75, 3.05) is 33.2 Å². The zero-order chi connectivity index (χ0) is 15.3. The van der Waals surface area contributed by atoms with Crippen LogP contribution in [0.1, 0.15) is 0 Å². The van der Waals surface area contributed by atoms with Gasteiger partial charge in [-0.1, -0.05) is 0 Å². The molecule has 0 bridgehead atoms. The summed E-state index contributed by atoms with van der Waals surface area (Å²) in [6.45, 7) is 2.49. The summed E-state index contributed by atoms with van der Waals surface area (Å²) in [5, 5.41) is 25.5. The van der Waals surface area contributed by atoms with E-state index in [0.717, 1.165) is 6.08 Å². The molecule has 0 aliphatic carbocycles. The summed E-state index contributed by atoms with van der Waals surface area (Å²) in [4.78, 5) is 3.67. The van der Waals surface area contributed by atoms with Crippen molar-refractivity contribution in [2.24, 2.45) is 0 Å². The summed E-state index contributed by atoms with van der Waals surface area (Å²) >= 11 is 0. The maximum Gasteiger partial charge on any atom is 0.448 e. The molecule has 20 heavy (non-hydrogen) atoms. The largest absolute Gasteiger partial charge is 0.504 e. The number of amidine groups is 1. The average molecular weight is 288 g/mol. The van der Waals surface area contributed by atoms with Crippen LogP contribution >= 0.6 is 0 Å². The van der Waals surface area contributed by atoms with Gasteiger partial charge in [-0.25, -0.2) is 0 Å². The third kappa shape index (κ3) is 4.28. The molecular formula is C12H15F3N4O. The van der Waals surface area contributed by atoms with E-state index in [1.807, 2.05) is 7.05 Å². The lowest BCUT2D eigenvalue weighted by atomic mass is 10.2. The fourth-order valence-corrected chi connectivity index (χ4v) is 1.63. The first kappa shape index (κ1) is 16.0. The van der Waals surface area contributed by atoms with Gasteiger partial charge < -0.3 is 14.9 Å². The Hall–Kier alpha value is -2.01. The first-order valence-corrected chi connectivity index (χ1v) is 5.86. The molecule has 0 aromatic rings. The van der Waals surface area contributed by atoms with Crippen molar-refractivity contribution in [3.8, 4) is 6.07 Å². The monoisotopic (exact) mass is 288 g/mol. The van der Waals surface area contributed by atoms with Gasteiger partial charge in [0, 0.05) is 26.2 Å². The molecule has 0 amide bonds. The number of hydrogen-bond donors (Lipinski definition) is 2. The lowest BCUT2D eigenvalue weighted by Crippen LogP contribution is -2.47. The summed E-state index contributed by atoms with van der Waals surface area (Å²) in [6.07, 6.45) is -3.65. The van der Waals surface area contributed by atoms with Crippen LogP contribution in [0.4, 0.5) is 13.2 Å². The number of nitrogens with zero attached hydrogens (tertiary/aromatic N) is 3. The van der Waals surface area contributed by atoms with E-state index < -0.39 is 11.9 Å². The Labute approximate surface area is 114 Å². The fourth-order valence-electron chi connectivity index (χ4n) is 1.63. The van der Waals surface area contributed by atoms with E-state index >= 15 is 0 Å². The van der Waals surface area contributed by atoms with Gasteiger partial charge in [0.1, 0.15) is 11.9 Å². The molecule has 1 fully saturated rings. The highest BCUT2D eigenvalue weighted by atomic mass is 19.4. The van der Waals surface area contributed by atoms with E-state index in [1.54, 1.807) is 11.0 Å². The minimum Gasteiger partial charge on any atom is -0.504 e. The van der Waals surface area contributed by atoms with Crippen LogP contribution in [0.5, 0.6) is 0 Å².